The summed E-state index contributed by atoms with van der Waals surface area (Å²) in [5.41, 5.74) is 0. The molecule has 0 aromatic rings. The van der Waals surface area contributed by atoms with Crippen molar-refractivity contribution in [2.45, 2.75) is 0 Å². The van der Waals surface area contributed by atoms with Crippen LogP contribution in [0, 0.1) is 0 Å². The maximum Gasteiger partial charge on any atom is 0.631 e. The van der Waals surface area contributed by atoms with Gasteiger partial charge in [-0.05, 0) is 0 Å². The van der Waals surface area contributed by atoms with E-state index in [2.05, 4.69) is 9.78 Å². The van der Waals surface area contributed by atoms with Crippen LogP contribution in [0.4, 0.5) is 0 Å². The smallest absolute Gasteiger partial charge is 0.402 e. The lowest BCUT2D eigenvalue weighted by Crippen LogP contribution is -2.16. The zero-order valence-electron chi connectivity index (χ0n) is 5.45. The Hall–Kier alpha value is -1.20. The van der Waals surface area contributed by atoms with Gasteiger partial charge in [-0.15, -0.1) is 0 Å². The molecule has 0 aliphatic rings. The minimum Gasteiger partial charge on any atom is -0.402 e. The Labute approximate surface area is 65.4 Å². The van der Waals surface area contributed by atoms with Crippen LogP contribution in [-0.4, -0.2) is 44.8 Å². The zero-order valence-corrected chi connectivity index (χ0v) is 5.45. The van der Waals surface area contributed by atoms with E-state index in [1.54, 1.807) is 0 Å². The Kier molecular flexibility index (Phi) is 8.83. The van der Waals surface area contributed by atoms with Crippen LogP contribution in [0.5, 0.6) is 0 Å². The first kappa shape index (κ1) is 13.4. The highest BCUT2D eigenvalue weighted by Crippen LogP contribution is 1.75. The van der Waals surface area contributed by atoms with Gasteiger partial charge < -0.3 is 15.1 Å². The lowest BCUT2D eigenvalue weighted by Gasteiger charge is -1.87. The van der Waals surface area contributed by atoms with Gasteiger partial charge in [0.1, 0.15) is 0 Å². The maximum absolute atomic E-state index is 9.64. The number of carbonyl (C=O) groups is 2. The van der Waals surface area contributed by atoms with Crippen molar-refractivity contribution in [3.05, 3.63) is 0 Å². The van der Waals surface area contributed by atoms with E-state index in [0.717, 1.165) is 0 Å². The molecule has 5 N–H and O–H groups in total. The van der Waals surface area contributed by atoms with Gasteiger partial charge in [0.25, 0.3) is 0 Å². The number of hydrogen-bond donors (Lipinski definition) is 5. The Morgan fingerprint density at radius 2 is 1.08 bits per heavy atom. The molecule has 0 aliphatic carbocycles. The lowest BCUT2D eigenvalue weighted by molar-refractivity contribution is -0.261. The first-order chi connectivity index (χ1) is 5.45. The van der Waals surface area contributed by atoms with E-state index in [0.29, 0.717) is 0 Å². The molecule has 0 bridgehead atoms. The van der Waals surface area contributed by atoms with Gasteiger partial charge in [0, 0.05) is 0 Å². The third kappa shape index (κ3) is 11.6. The first-order valence-electron chi connectivity index (χ1n) is 2.21. The van der Waals surface area contributed by atoms with E-state index < -0.39 is 19.3 Å². The van der Waals surface area contributed by atoms with Crippen molar-refractivity contribution in [3.8, 4) is 0 Å². The Balaban J connectivity index is 0. The molecule has 10 heteroatoms. The fraction of sp³-hybridized carbons (Fsp3) is 0. The van der Waals surface area contributed by atoms with E-state index in [1.807, 2.05) is 0 Å². The van der Waals surface area contributed by atoms with Crippen LogP contribution >= 0.6 is 0 Å². The summed E-state index contributed by atoms with van der Waals surface area (Å²) in [6.45, 7) is 0. The zero-order chi connectivity index (χ0) is 10.1. The van der Waals surface area contributed by atoms with Gasteiger partial charge in [-0.25, -0.2) is 9.59 Å². The molecule has 70 valence electrons. The van der Waals surface area contributed by atoms with Crippen molar-refractivity contribution in [3.63, 3.8) is 0 Å². The summed E-state index contributed by atoms with van der Waals surface area (Å²) in [5.74, 6) is -3.35. The van der Waals surface area contributed by atoms with Crippen molar-refractivity contribution < 1.29 is 45.0 Å². The number of carbonyl (C=O) groups excluding carboxylic acids is 2. The van der Waals surface area contributed by atoms with Gasteiger partial charge in [0.2, 0.25) is 0 Å². The second-order valence-electron chi connectivity index (χ2n) is 1.10. The normalized spacial score (nSPS) is 7.42. The van der Waals surface area contributed by atoms with Crippen LogP contribution < -0.4 is 0 Å². The molecule has 0 rings (SSSR count). The summed E-state index contributed by atoms with van der Waals surface area (Å²) in [6, 6.07) is 0. The van der Waals surface area contributed by atoms with Crippen molar-refractivity contribution in [2.75, 3.05) is 0 Å². The van der Waals surface area contributed by atoms with Gasteiger partial charge in [-0.1, -0.05) is 0 Å². The SMILES string of the molecule is O=C(OO)C(=O)OO.OB(O)O. The van der Waals surface area contributed by atoms with E-state index in [1.165, 1.54) is 0 Å². The van der Waals surface area contributed by atoms with Crippen molar-refractivity contribution in [2.24, 2.45) is 0 Å². The predicted molar refractivity (Wildman–Crippen MR) is 29.9 cm³/mol. The monoisotopic (exact) mass is 184 g/mol. The highest BCUT2D eigenvalue weighted by Gasteiger charge is 2.16. The first-order valence-corrected chi connectivity index (χ1v) is 2.21. The molecule has 9 nitrogen and oxygen atoms in total. The Morgan fingerprint density at radius 3 is 1.17 bits per heavy atom. The Bertz CT molecular complexity index is 125. The summed E-state index contributed by atoms with van der Waals surface area (Å²) < 4.78 is 0. The highest BCUT2D eigenvalue weighted by atomic mass is 17.1. The standard InChI is InChI=1S/C2H2O6.BH3O3/c3-1(7-5)2(4)8-6;2-1(3)4/h5-6H;2-4H. The third-order valence-electron chi connectivity index (χ3n) is 0.332. The molecule has 0 aromatic carbocycles. The molecular weight excluding hydrogens is 179 g/mol. The van der Waals surface area contributed by atoms with Crippen LogP contribution in [0.25, 0.3) is 0 Å². The van der Waals surface area contributed by atoms with Crippen LogP contribution in [0.15, 0.2) is 0 Å². The fourth-order valence-corrected chi connectivity index (χ4v) is 0.0745. The lowest BCUT2D eigenvalue weighted by atomic mass is 10.3. The maximum atomic E-state index is 9.64. The largest absolute Gasteiger partial charge is 0.631 e. The fourth-order valence-electron chi connectivity index (χ4n) is 0.0745. The molecule has 0 atom stereocenters. The van der Waals surface area contributed by atoms with Gasteiger partial charge >= 0.3 is 19.3 Å². The van der Waals surface area contributed by atoms with Crippen LogP contribution in [-0.2, 0) is 19.4 Å². The molecule has 0 unspecified atom stereocenters. The van der Waals surface area contributed by atoms with Gasteiger partial charge in [0.05, 0.1) is 0 Å². The van der Waals surface area contributed by atoms with E-state index in [4.69, 9.17) is 25.6 Å². The van der Waals surface area contributed by atoms with Gasteiger partial charge in [-0.2, -0.15) is 10.5 Å². The molecule has 0 aliphatic heterocycles. The van der Waals surface area contributed by atoms with Crippen molar-refractivity contribution in [1.82, 2.24) is 0 Å². The minimum absolute atomic E-state index is 1.67. The molecule has 0 aromatic heterocycles. The average molecular weight is 184 g/mol. The summed E-state index contributed by atoms with van der Waals surface area (Å²) in [6.07, 6.45) is 0. The average Bonchev–Trinajstić information content (AvgIpc) is 2.00. The van der Waals surface area contributed by atoms with E-state index >= 15 is 0 Å². The number of hydrogen-bond acceptors (Lipinski definition) is 9. The van der Waals surface area contributed by atoms with E-state index in [9.17, 15) is 9.59 Å². The molecule has 0 spiro atoms. The van der Waals surface area contributed by atoms with Crippen LogP contribution in [0.3, 0.4) is 0 Å². The Morgan fingerprint density at radius 1 is 0.917 bits per heavy atom. The van der Waals surface area contributed by atoms with Crippen LogP contribution in [0.2, 0.25) is 0 Å². The molecule has 0 radical (unpaired) electrons. The second-order valence-corrected chi connectivity index (χ2v) is 1.10. The highest BCUT2D eigenvalue weighted by molar-refractivity contribution is 6.30. The minimum atomic E-state index is -2.17. The third-order valence-corrected chi connectivity index (χ3v) is 0.332. The predicted octanol–water partition coefficient (Wildman–Crippen LogP) is -3.03. The quantitative estimate of drug-likeness (QED) is 0.114. The molecule has 0 heterocycles. The molecule has 0 saturated carbocycles. The molecule has 0 amide bonds. The topological polar surface area (TPSA) is 154 Å². The van der Waals surface area contributed by atoms with Gasteiger partial charge in [0.15, 0.2) is 0 Å². The summed E-state index contributed by atoms with van der Waals surface area (Å²) in [5, 5.41) is 36.2. The molecule has 0 saturated heterocycles. The van der Waals surface area contributed by atoms with Crippen LogP contribution in [0.1, 0.15) is 0 Å². The summed E-state index contributed by atoms with van der Waals surface area (Å²) in [4.78, 5) is 24.9. The van der Waals surface area contributed by atoms with Crippen molar-refractivity contribution >= 4 is 19.3 Å². The number of rotatable bonds is 0. The van der Waals surface area contributed by atoms with E-state index in [-0.39, 0.29) is 0 Å². The molecule has 0 fully saturated rings. The van der Waals surface area contributed by atoms with Crippen molar-refractivity contribution in [1.29, 1.82) is 0 Å². The summed E-state index contributed by atoms with van der Waals surface area (Å²) >= 11 is 0. The second kappa shape index (κ2) is 7.91. The summed E-state index contributed by atoms with van der Waals surface area (Å²) in [7, 11) is -2.17. The molecule has 12 heavy (non-hydrogen) atoms. The molecular formula is C2H5BO9. The van der Waals surface area contributed by atoms with Gasteiger partial charge in [-0.3, -0.25) is 9.78 Å².